The molecule has 1 atom stereocenters. The van der Waals surface area contributed by atoms with E-state index >= 15 is 0 Å². The van der Waals surface area contributed by atoms with Crippen molar-refractivity contribution in [1.82, 2.24) is 0 Å². The molecule has 1 N–H and O–H groups in total. The number of hydrogen-bond donors (Lipinski definition) is 1. The van der Waals surface area contributed by atoms with E-state index in [1.54, 1.807) is 23.6 Å². The average Bonchev–Trinajstić information content (AvgIpc) is 3.18. The molecule has 1 heterocycles. The van der Waals surface area contributed by atoms with Crippen molar-refractivity contribution < 1.29 is 10.0 Å². The number of aliphatic imine (C=N–C) groups is 1. The highest BCUT2D eigenvalue weighted by molar-refractivity contribution is 7.16. The van der Waals surface area contributed by atoms with Crippen molar-refractivity contribution in [2.45, 2.75) is 84.0 Å². The quantitative estimate of drug-likeness (QED) is 0.256. The third-order valence-corrected chi connectivity index (χ3v) is 11.0. The number of rotatable bonds is 4. The molecule has 0 aliphatic heterocycles. The average molecular weight is 518 g/mol. The van der Waals surface area contributed by atoms with Gasteiger partial charge in [-0.05, 0) is 109 Å². The summed E-state index contributed by atoms with van der Waals surface area (Å²) in [6, 6.07) is 5.92. The highest BCUT2D eigenvalue weighted by atomic mass is 32.1. The molecule has 194 valence electrons. The summed E-state index contributed by atoms with van der Waals surface area (Å²) in [5, 5.41) is 33.4. The topological polar surface area (TPSA) is 99.5 Å². The van der Waals surface area contributed by atoms with Crippen LogP contribution >= 0.6 is 11.3 Å². The maximum absolute atomic E-state index is 11.9. The molecule has 6 nitrogen and oxygen atoms in total. The smallest absolute Gasteiger partial charge is 0.311 e. The molecule has 1 unspecified atom stereocenters. The molecule has 4 bridgehead atoms. The van der Waals surface area contributed by atoms with Crippen molar-refractivity contribution in [3.63, 3.8) is 0 Å². The number of aromatic hydroxyl groups is 1. The fourth-order valence-corrected chi connectivity index (χ4v) is 9.52. The minimum atomic E-state index is -0.478. The van der Waals surface area contributed by atoms with Gasteiger partial charge in [0.15, 0.2) is 0 Å². The van der Waals surface area contributed by atoms with Crippen molar-refractivity contribution in [3.8, 4) is 11.8 Å². The molecule has 4 saturated carbocycles. The van der Waals surface area contributed by atoms with Gasteiger partial charge in [-0.25, -0.2) is 4.99 Å². The summed E-state index contributed by atoms with van der Waals surface area (Å²) in [7, 11) is 0. The molecule has 7 rings (SSSR count). The predicted molar refractivity (Wildman–Crippen MR) is 146 cm³/mol. The largest absolute Gasteiger partial charge is 0.502 e. The first kappa shape index (κ1) is 24.6. The molecule has 0 radical (unpaired) electrons. The van der Waals surface area contributed by atoms with E-state index in [0.717, 1.165) is 49.7 Å². The van der Waals surface area contributed by atoms with E-state index < -0.39 is 4.92 Å². The fourth-order valence-electron chi connectivity index (χ4n) is 8.29. The second-order valence-corrected chi connectivity index (χ2v) is 14.3. The number of hydrogen-bond acceptors (Lipinski definition) is 6. The number of nitrogens with zero attached hydrogens (tertiary/aromatic N) is 3. The fraction of sp³-hybridized carbons (Fsp3) is 0.600. The van der Waals surface area contributed by atoms with E-state index in [2.05, 4.69) is 31.8 Å². The highest BCUT2D eigenvalue weighted by Gasteiger charge is 2.52. The van der Waals surface area contributed by atoms with Gasteiger partial charge >= 0.3 is 5.69 Å². The van der Waals surface area contributed by atoms with Gasteiger partial charge in [0.1, 0.15) is 11.1 Å². The van der Waals surface area contributed by atoms with Crippen molar-refractivity contribution in [2.24, 2.45) is 34.1 Å². The van der Waals surface area contributed by atoms with Gasteiger partial charge in [0.05, 0.1) is 10.5 Å². The Morgan fingerprint density at radius 3 is 2.41 bits per heavy atom. The summed E-state index contributed by atoms with van der Waals surface area (Å²) in [4.78, 5) is 17.4. The first-order valence-electron chi connectivity index (χ1n) is 13.7. The Hall–Kier alpha value is -2.72. The number of thiophene rings is 1. The number of fused-ring (bicyclic) bond motifs is 1. The molecule has 1 aromatic heterocycles. The Bertz CT molecular complexity index is 1310. The highest BCUT2D eigenvalue weighted by Crippen LogP contribution is 2.61. The minimum Gasteiger partial charge on any atom is -0.502 e. The van der Waals surface area contributed by atoms with Gasteiger partial charge in [-0.3, -0.25) is 10.1 Å². The van der Waals surface area contributed by atoms with Crippen LogP contribution in [0.5, 0.6) is 5.75 Å². The van der Waals surface area contributed by atoms with Crippen LogP contribution in [0.4, 0.5) is 10.7 Å². The standard InChI is InChI=1S/C30H35N3O3S/c1-29(2,3)21-4-5-23-24(15-31)28(37-26(23)11-21)32-16-20-9-22(10-25(27(20)34)33(35)36)30-12-17-6-18(13-30)8-19(7-17)14-30/h9-10,16-19,21,34H,4-8,11-14H2,1-3H3/b32-16+. The summed E-state index contributed by atoms with van der Waals surface area (Å²) in [5.74, 6) is 2.36. The van der Waals surface area contributed by atoms with Gasteiger partial charge in [-0.2, -0.15) is 5.26 Å². The third-order valence-electron chi connectivity index (χ3n) is 9.87. The Labute approximate surface area is 222 Å². The van der Waals surface area contributed by atoms with Crippen LogP contribution < -0.4 is 0 Å². The second-order valence-electron chi connectivity index (χ2n) is 13.2. The van der Waals surface area contributed by atoms with E-state index in [1.807, 2.05) is 6.07 Å². The van der Waals surface area contributed by atoms with Crippen molar-refractivity contribution >= 4 is 28.2 Å². The van der Waals surface area contributed by atoms with Crippen LogP contribution in [0.15, 0.2) is 17.1 Å². The number of benzene rings is 1. The van der Waals surface area contributed by atoms with E-state index in [1.165, 1.54) is 24.1 Å². The van der Waals surface area contributed by atoms with E-state index in [0.29, 0.717) is 39.8 Å². The molecule has 7 heteroatoms. The molecule has 0 spiro atoms. The lowest BCUT2D eigenvalue weighted by atomic mass is 9.48. The van der Waals surface area contributed by atoms with Gasteiger partial charge in [0.2, 0.25) is 5.75 Å². The number of phenols is 1. The van der Waals surface area contributed by atoms with Crippen LogP contribution in [0.25, 0.3) is 0 Å². The van der Waals surface area contributed by atoms with Crippen LogP contribution in [0.2, 0.25) is 0 Å². The molecule has 1 aromatic carbocycles. The maximum atomic E-state index is 11.9. The number of nitro groups is 1. The van der Waals surface area contributed by atoms with Crippen LogP contribution in [0.3, 0.4) is 0 Å². The van der Waals surface area contributed by atoms with E-state index in [4.69, 9.17) is 0 Å². The molecular formula is C30H35N3O3S. The molecule has 37 heavy (non-hydrogen) atoms. The van der Waals surface area contributed by atoms with Crippen molar-refractivity contribution in [1.29, 1.82) is 5.26 Å². The molecule has 0 saturated heterocycles. The van der Waals surface area contributed by atoms with Gasteiger partial charge in [0, 0.05) is 22.7 Å². The molecule has 4 fully saturated rings. The van der Waals surface area contributed by atoms with Gasteiger partial charge in [-0.15, -0.1) is 11.3 Å². The Kier molecular flexibility index (Phi) is 5.76. The molecule has 2 aromatic rings. The zero-order chi connectivity index (χ0) is 26.1. The molecule has 0 amide bonds. The van der Waals surface area contributed by atoms with Crippen LogP contribution in [-0.4, -0.2) is 16.2 Å². The number of nitriles is 1. The third kappa shape index (κ3) is 4.18. The van der Waals surface area contributed by atoms with E-state index in [-0.39, 0.29) is 22.3 Å². The summed E-state index contributed by atoms with van der Waals surface area (Å²) in [6.45, 7) is 6.81. The van der Waals surface area contributed by atoms with Crippen LogP contribution in [0, 0.1) is 50.5 Å². The molecular weight excluding hydrogens is 482 g/mol. The lowest BCUT2D eigenvalue weighted by molar-refractivity contribution is -0.386. The Morgan fingerprint density at radius 2 is 1.84 bits per heavy atom. The van der Waals surface area contributed by atoms with Crippen molar-refractivity contribution in [3.05, 3.63) is 49.4 Å². The summed E-state index contributed by atoms with van der Waals surface area (Å²) >= 11 is 1.56. The van der Waals surface area contributed by atoms with E-state index in [9.17, 15) is 20.5 Å². The molecule has 5 aliphatic rings. The zero-order valence-electron chi connectivity index (χ0n) is 21.9. The lowest BCUT2D eigenvalue weighted by Crippen LogP contribution is -2.48. The first-order valence-corrected chi connectivity index (χ1v) is 14.5. The zero-order valence-corrected chi connectivity index (χ0v) is 22.7. The van der Waals surface area contributed by atoms with Crippen molar-refractivity contribution in [2.75, 3.05) is 0 Å². The van der Waals surface area contributed by atoms with Gasteiger partial charge in [0.25, 0.3) is 0 Å². The summed E-state index contributed by atoms with van der Waals surface area (Å²) in [5.41, 5.74) is 3.03. The maximum Gasteiger partial charge on any atom is 0.311 e. The first-order chi connectivity index (χ1) is 17.6. The monoisotopic (exact) mass is 517 g/mol. The second kappa shape index (κ2) is 8.66. The minimum absolute atomic E-state index is 0.0302. The SMILES string of the molecule is CC(C)(C)C1CCc2c(sc(/N=C/c3cc(C45CC6CC(CC(C6)C4)C5)cc([N+](=O)[O-])c3O)c2C#N)C1. The summed E-state index contributed by atoms with van der Waals surface area (Å²) < 4.78 is 0. The lowest BCUT2D eigenvalue weighted by Gasteiger charge is -2.57. The van der Waals surface area contributed by atoms with Gasteiger partial charge < -0.3 is 5.11 Å². The predicted octanol–water partition coefficient (Wildman–Crippen LogP) is 7.60. The van der Waals surface area contributed by atoms with Crippen LogP contribution in [0.1, 0.15) is 92.8 Å². The van der Waals surface area contributed by atoms with Crippen LogP contribution in [-0.2, 0) is 18.3 Å². The number of nitro benzene ring substituents is 1. The number of phenolic OH excluding ortho intramolecular Hbond substituents is 1. The van der Waals surface area contributed by atoms with Gasteiger partial charge in [-0.1, -0.05) is 20.8 Å². The normalized spacial score (nSPS) is 30.4. The Balaban J connectivity index is 1.37. The Morgan fingerprint density at radius 1 is 1.19 bits per heavy atom. The molecule has 5 aliphatic carbocycles. The summed E-state index contributed by atoms with van der Waals surface area (Å²) in [6.07, 6.45) is 11.6.